The number of thiophene rings is 1. The number of ether oxygens (including phenoxy) is 1. The van der Waals surface area contributed by atoms with Gasteiger partial charge < -0.3 is 15.0 Å². The van der Waals surface area contributed by atoms with Gasteiger partial charge in [0.05, 0.1) is 25.8 Å². The Bertz CT molecular complexity index is 494. The van der Waals surface area contributed by atoms with Gasteiger partial charge in [0.2, 0.25) is 5.91 Å². The van der Waals surface area contributed by atoms with Crippen LogP contribution in [-0.4, -0.2) is 68.7 Å². The van der Waals surface area contributed by atoms with Crippen molar-refractivity contribution in [2.24, 2.45) is 5.92 Å². The summed E-state index contributed by atoms with van der Waals surface area (Å²) >= 11 is 1.77. The molecule has 1 saturated carbocycles. The maximum absolute atomic E-state index is 12.4. The summed E-state index contributed by atoms with van der Waals surface area (Å²) in [5.41, 5.74) is 0. The van der Waals surface area contributed by atoms with E-state index >= 15 is 0 Å². The zero-order valence-corrected chi connectivity index (χ0v) is 17.1. The molecule has 2 aliphatic rings. The minimum atomic E-state index is 0. The number of halogens is 2. The lowest BCUT2D eigenvalue weighted by molar-refractivity contribution is -0.130. The Hall–Kier alpha value is -0.370. The van der Waals surface area contributed by atoms with Crippen molar-refractivity contribution in [3.05, 3.63) is 22.4 Å². The number of likely N-dealkylation sites (N-methyl/N-ethyl adjacent to an activating group) is 1. The molecule has 8 heteroatoms. The van der Waals surface area contributed by atoms with Crippen LogP contribution in [0.4, 0.5) is 0 Å². The van der Waals surface area contributed by atoms with Crippen LogP contribution in [-0.2, 0) is 9.53 Å². The van der Waals surface area contributed by atoms with E-state index in [0.717, 1.165) is 45.3 Å². The van der Waals surface area contributed by atoms with Gasteiger partial charge in [-0.05, 0) is 36.8 Å². The fraction of sp³-hybridized carbons (Fsp3) is 0.706. The monoisotopic (exact) mass is 409 g/mol. The van der Waals surface area contributed by atoms with E-state index in [-0.39, 0.29) is 36.8 Å². The third-order valence-electron chi connectivity index (χ3n) is 4.64. The molecule has 3 rings (SSSR count). The van der Waals surface area contributed by atoms with E-state index in [9.17, 15) is 4.79 Å². The van der Waals surface area contributed by atoms with Crippen LogP contribution in [0.2, 0.25) is 0 Å². The molecule has 1 N–H and O–H groups in total. The van der Waals surface area contributed by atoms with E-state index < -0.39 is 0 Å². The zero-order chi connectivity index (χ0) is 16.1. The molecular weight excluding hydrogens is 381 g/mol. The largest absolute Gasteiger partial charge is 0.379 e. The van der Waals surface area contributed by atoms with Crippen molar-refractivity contribution in [1.29, 1.82) is 0 Å². The molecule has 0 radical (unpaired) electrons. The number of amides is 1. The summed E-state index contributed by atoms with van der Waals surface area (Å²) in [7, 11) is 1.92. The number of nitrogens with one attached hydrogen (secondary N) is 1. The standard InChI is InChI=1S/C17H27N3O2S.2ClH/c1-19(17(21)12-18-11-14-4-5-14)13-15(16-3-2-10-23-16)20-6-8-22-9-7-20;;/h2-3,10,14-15,18H,4-9,11-13H2,1H3;2*1H. The van der Waals surface area contributed by atoms with Crippen molar-refractivity contribution in [1.82, 2.24) is 15.1 Å². The summed E-state index contributed by atoms with van der Waals surface area (Å²) in [6.45, 7) is 5.61. The van der Waals surface area contributed by atoms with Crippen LogP contribution >= 0.6 is 36.2 Å². The molecule has 25 heavy (non-hydrogen) atoms. The van der Waals surface area contributed by atoms with Gasteiger partial charge >= 0.3 is 0 Å². The van der Waals surface area contributed by atoms with Crippen LogP contribution in [0.5, 0.6) is 0 Å². The molecular formula is C17H29Cl2N3O2S. The summed E-state index contributed by atoms with van der Waals surface area (Å²) in [5.74, 6) is 0.987. The lowest BCUT2D eigenvalue weighted by Gasteiger charge is -2.36. The van der Waals surface area contributed by atoms with Gasteiger partial charge in [0.15, 0.2) is 0 Å². The molecule has 1 aliphatic heterocycles. The van der Waals surface area contributed by atoms with Gasteiger partial charge in [0.25, 0.3) is 0 Å². The van der Waals surface area contributed by atoms with Gasteiger partial charge in [-0.1, -0.05) is 6.07 Å². The van der Waals surface area contributed by atoms with Crippen molar-refractivity contribution >= 4 is 42.1 Å². The van der Waals surface area contributed by atoms with Crippen LogP contribution < -0.4 is 5.32 Å². The molecule has 1 atom stereocenters. The summed E-state index contributed by atoms with van der Waals surface area (Å²) in [6, 6.07) is 4.54. The van der Waals surface area contributed by atoms with Crippen molar-refractivity contribution in [3.63, 3.8) is 0 Å². The molecule has 1 saturated heterocycles. The first-order valence-electron chi connectivity index (χ1n) is 8.54. The minimum Gasteiger partial charge on any atom is -0.379 e. The molecule has 0 aromatic carbocycles. The highest BCUT2D eigenvalue weighted by Crippen LogP contribution is 2.28. The SMILES string of the molecule is CN(CC(c1cccs1)N1CCOCC1)C(=O)CNCC1CC1.Cl.Cl. The van der Waals surface area contributed by atoms with Gasteiger partial charge in [-0.15, -0.1) is 36.2 Å². The van der Waals surface area contributed by atoms with Gasteiger partial charge in [-0.3, -0.25) is 9.69 Å². The molecule has 0 bridgehead atoms. The highest BCUT2D eigenvalue weighted by atomic mass is 35.5. The number of carbonyl (C=O) groups excluding carboxylic acids is 1. The quantitative estimate of drug-likeness (QED) is 0.715. The molecule has 2 fully saturated rings. The van der Waals surface area contributed by atoms with E-state index in [4.69, 9.17) is 4.74 Å². The molecule has 0 spiro atoms. The third-order valence-corrected chi connectivity index (χ3v) is 5.61. The van der Waals surface area contributed by atoms with Gasteiger partial charge in [0.1, 0.15) is 0 Å². The topological polar surface area (TPSA) is 44.8 Å². The maximum Gasteiger partial charge on any atom is 0.236 e. The van der Waals surface area contributed by atoms with Crippen molar-refractivity contribution in [2.75, 3.05) is 53.0 Å². The minimum absolute atomic E-state index is 0. The number of hydrogen-bond acceptors (Lipinski definition) is 5. The van der Waals surface area contributed by atoms with E-state index in [1.54, 1.807) is 11.3 Å². The van der Waals surface area contributed by atoms with Crippen LogP contribution in [0.15, 0.2) is 17.5 Å². The second-order valence-corrected chi connectivity index (χ2v) is 7.51. The second-order valence-electron chi connectivity index (χ2n) is 6.53. The van der Waals surface area contributed by atoms with Crippen molar-refractivity contribution in [3.8, 4) is 0 Å². The van der Waals surface area contributed by atoms with Crippen LogP contribution in [0.3, 0.4) is 0 Å². The fourth-order valence-electron chi connectivity index (χ4n) is 2.96. The first-order chi connectivity index (χ1) is 11.2. The predicted molar refractivity (Wildman–Crippen MR) is 107 cm³/mol. The van der Waals surface area contributed by atoms with Crippen LogP contribution in [0.25, 0.3) is 0 Å². The first kappa shape index (κ1) is 22.7. The third kappa shape index (κ3) is 7.04. The Morgan fingerprint density at radius 3 is 2.72 bits per heavy atom. The first-order valence-corrected chi connectivity index (χ1v) is 9.42. The van der Waals surface area contributed by atoms with Crippen molar-refractivity contribution < 1.29 is 9.53 Å². The number of carbonyl (C=O) groups is 1. The molecule has 1 aromatic rings. The lowest BCUT2D eigenvalue weighted by atomic mass is 10.1. The zero-order valence-electron chi connectivity index (χ0n) is 14.7. The Labute approximate surface area is 166 Å². The lowest BCUT2D eigenvalue weighted by Crippen LogP contribution is -2.45. The van der Waals surface area contributed by atoms with E-state index in [1.807, 2.05) is 11.9 Å². The number of morpholine rings is 1. The molecule has 144 valence electrons. The Balaban J connectivity index is 0.00000156. The molecule has 2 heterocycles. The van der Waals surface area contributed by atoms with Crippen molar-refractivity contribution in [2.45, 2.75) is 18.9 Å². The summed E-state index contributed by atoms with van der Waals surface area (Å²) in [4.78, 5) is 18.0. The van der Waals surface area contributed by atoms with Crippen LogP contribution in [0.1, 0.15) is 23.8 Å². The van der Waals surface area contributed by atoms with Gasteiger partial charge in [0, 0.05) is 31.6 Å². The van der Waals surface area contributed by atoms with E-state index in [2.05, 4.69) is 27.7 Å². The summed E-state index contributed by atoms with van der Waals surface area (Å²) in [6.07, 6.45) is 2.63. The fourth-order valence-corrected chi connectivity index (χ4v) is 3.81. The number of nitrogens with zero attached hydrogens (tertiary/aromatic N) is 2. The average molecular weight is 410 g/mol. The van der Waals surface area contributed by atoms with Gasteiger partial charge in [-0.25, -0.2) is 0 Å². The number of hydrogen-bond donors (Lipinski definition) is 1. The second kappa shape index (κ2) is 11.4. The van der Waals surface area contributed by atoms with Crippen LogP contribution in [0, 0.1) is 5.92 Å². The Kier molecular flexibility index (Phi) is 10.3. The number of rotatable bonds is 8. The Morgan fingerprint density at radius 2 is 2.12 bits per heavy atom. The molecule has 1 aromatic heterocycles. The normalized spacial score (nSPS) is 18.8. The van der Waals surface area contributed by atoms with Gasteiger partial charge in [-0.2, -0.15) is 0 Å². The summed E-state index contributed by atoms with van der Waals surface area (Å²) in [5, 5.41) is 5.41. The van der Waals surface area contributed by atoms with E-state index in [1.165, 1.54) is 17.7 Å². The Morgan fingerprint density at radius 1 is 1.40 bits per heavy atom. The predicted octanol–water partition coefficient (Wildman–Crippen LogP) is 2.42. The molecule has 5 nitrogen and oxygen atoms in total. The molecule has 1 amide bonds. The average Bonchev–Trinajstić information content (AvgIpc) is 3.24. The smallest absolute Gasteiger partial charge is 0.236 e. The highest BCUT2D eigenvalue weighted by Gasteiger charge is 2.26. The summed E-state index contributed by atoms with van der Waals surface area (Å²) < 4.78 is 5.47. The highest BCUT2D eigenvalue weighted by molar-refractivity contribution is 7.10. The molecule has 1 aliphatic carbocycles. The van der Waals surface area contributed by atoms with E-state index in [0.29, 0.717) is 6.54 Å². The molecule has 1 unspecified atom stereocenters. The maximum atomic E-state index is 12.4.